The summed E-state index contributed by atoms with van der Waals surface area (Å²) in [5.41, 5.74) is 0. The number of amides is 2. The zero-order valence-electron chi connectivity index (χ0n) is 11.8. The average molecular weight is 304 g/mol. The first-order valence-corrected chi connectivity index (χ1v) is 6.78. The van der Waals surface area contributed by atoms with Crippen molar-refractivity contribution in [2.45, 2.75) is 25.9 Å². The third-order valence-corrected chi connectivity index (χ3v) is 3.26. The molecule has 0 bridgehead atoms. The highest BCUT2D eigenvalue weighted by Gasteiger charge is 2.43. The number of nitrogens with zero attached hydrogens (tertiary/aromatic N) is 1. The standard InChI is InChI=1S/C14H19F3N2O2/c1-2-3-4-5-12(20)18-10-11-6-8-19(9-7-11)13(21)14(15,16)17/h2-5,11H,6-10H2,1H3,(H,18,20)/b3-2+,5-4+. The summed E-state index contributed by atoms with van der Waals surface area (Å²) in [7, 11) is 0. The molecule has 0 aromatic carbocycles. The van der Waals surface area contributed by atoms with Crippen LogP contribution in [-0.2, 0) is 9.59 Å². The average Bonchev–Trinajstić information content (AvgIpc) is 2.44. The lowest BCUT2D eigenvalue weighted by atomic mass is 9.96. The van der Waals surface area contributed by atoms with Gasteiger partial charge in [0.2, 0.25) is 5.91 Å². The number of carbonyl (C=O) groups is 2. The molecule has 1 heterocycles. The van der Waals surface area contributed by atoms with Crippen molar-refractivity contribution in [1.29, 1.82) is 0 Å². The molecule has 0 radical (unpaired) electrons. The molecular formula is C14H19F3N2O2. The van der Waals surface area contributed by atoms with Gasteiger partial charge in [0.25, 0.3) is 0 Å². The van der Waals surface area contributed by atoms with E-state index in [-0.39, 0.29) is 24.9 Å². The predicted octanol–water partition coefficient (Wildman–Crippen LogP) is 2.04. The molecule has 1 saturated heterocycles. The lowest BCUT2D eigenvalue weighted by Gasteiger charge is -2.32. The summed E-state index contributed by atoms with van der Waals surface area (Å²) >= 11 is 0. The number of likely N-dealkylation sites (tertiary alicyclic amines) is 1. The van der Waals surface area contributed by atoms with Gasteiger partial charge in [-0.1, -0.05) is 18.2 Å². The Hall–Kier alpha value is -1.79. The van der Waals surface area contributed by atoms with Crippen LogP contribution in [0, 0.1) is 5.92 Å². The van der Waals surface area contributed by atoms with Gasteiger partial charge in [-0.25, -0.2) is 0 Å². The van der Waals surface area contributed by atoms with Crippen molar-refractivity contribution in [2.24, 2.45) is 5.92 Å². The van der Waals surface area contributed by atoms with Gasteiger partial charge in [0.1, 0.15) is 0 Å². The molecule has 4 nitrogen and oxygen atoms in total. The molecular weight excluding hydrogens is 285 g/mol. The fourth-order valence-electron chi connectivity index (χ4n) is 2.08. The van der Waals surface area contributed by atoms with Crippen LogP contribution in [0.1, 0.15) is 19.8 Å². The van der Waals surface area contributed by atoms with Gasteiger partial charge in [0.05, 0.1) is 0 Å². The minimum Gasteiger partial charge on any atom is -0.352 e. The summed E-state index contributed by atoms with van der Waals surface area (Å²) in [5, 5.41) is 2.70. The van der Waals surface area contributed by atoms with Crippen LogP contribution in [-0.4, -0.2) is 42.5 Å². The SMILES string of the molecule is C/C=C/C=C/C(=O)NCC1CCN(C(=O)C(F)(F)F)CC1. The summed E-state index contributed by atoms with van der Waals surface area (Å²) in [6.45, 7) is 2.39. The molecule has 0 saturated carbocycles. The van der Waals surface area contributed by atoms with Gasteiger partial charge in [-0.2, -0.15) is 13.2 Å². The van der Waals surface area contributed by atoms with Crippen molar-refractivity contribution in [3.8, 4) is 0 Å². The topological polar surface area (TPSA) is 49.4 Å². The van der Waals surface area contributed by atoms with Crippen molar-refractivity contribution >= 4 is 11.8 Å². The summed E-state index contributed by atoms with van der Waals surface area (Å²) in [4.78, 5) is 23.3. The Labute approximate surface area is 121 Å². The van der Waals surface area contributed by atoms with Gasteiger partial charge < -0.3 is 10.2 Å². The van der Waals surface area contributed by atoms with Crippen LogP contribution in [0.5, 0.6) is 0 Å². The molecule has 0 aromatic rings. The summed E-state index contributed by atoms with van der Waals surface area (Å²) < 4.78 is 36.8. The minimum absolute atomic E-state index is 0.0767. The van der Waals surface area contributed by atoms with E-state index in [9.17, 15) is 22.8 Å². The van der Waals surface area contributed by atoms with Crippen LogP contribution >= 0.6 is 0 Å². The molecule has 118 valence electrons. The molecule has 1 N–H and O–H groups in total. The number of hydrogen-bond acceptors (Lipinski definition) is 2. The first-order chi connectivity index (χ1) is 9.84. The zero-order valence-corrected chi connectivity index (χ0v) is 11.8. The molecule has 0 aliphatic carbocycles. The van der Waals surface area contributed by atoms with E-state index in [1.807, 2.05) is 6.92 Å². The number of allylic oxidation sites excluding steroid dienone is 3. The number of rotatable bonds is 4. The number of alkyl halides is 3. The first kappa shape index (κ1) is 17.3. The Morgan fingerprint density at radius 1 is 1.24 bits per heavy atom. The van der Waals surface area contributed by atoms with E-state index < -0.39 is 12.1 Å². The predicted molar refractivity (Wildman–Crippen MR) is 72.3 cm³/mol. The van der Waals surface area contributed by atoms with Gasteiger partial charge in [0, 0.05) is 25.7 Å². The van der Waals surface area contributed by atoms with E-state index in [4.69, 9.17) is 0 Å². The Bertz CT molecular complexity index is 422. The Balaban J connectivity index is 2.31. The Morgan fingerprint density at radius 2 is 1.86 bits per heavy atom. The van der Waals surface area contributed by atoms with Gasteiger partial charge >= 0.3 is 12.1 Å². The number of hydrogen-bond donors (Lipinski definition) is 1. The minimum atomic E-state index is -4.81. The maximum atomic E-state index is 12.3. The number of piperidine rings is 1. The third kappa shape index (κ3) is 6.01. The normalized spacial score (nSPS) is 17.6. The second kappa shape index (κ2) is 7.85. The zero-order chi connectivity index (χ0) is 15.9. The summed E-state index contributed by atoms with van der Waals surface area (Å²) in [5.74, 6) is -1.91. The molecule has 0 atom stereocenters. The number of halogens is 3. The van der Waals surface area contributed by atoms with Crippen LogP contribution in [0.15, 0.2) is 24.3 Å². The van der Waals surface area contributed by atoms with Crippen molar-refractivity contribution in [1.82, 2.24) is 10.2 Å². The highest BCUT2D eigenvalue weighted by molar-refractivity contribution is 5.87. The first-order valence-electron chi connectivity index (χ1n) is 6.78. The largest absolute Gasteiger partial charge is 0.471 e. The molecule has 1 aliphatic heterocycles. The van der Waals surface area contributed by atoms with Crippen molar-refractivity contribution < 1.29 is 22.8 Å². The van der Waals surface area contributed by atoms with Crippen molar-refractivity contribution in [2.75, 3.05) is 19.6 Å². The van der Waals surface area contributed by atoms with Gasteiger partial charge in [-0.15, -0.1) is 0 Å². The number of nitrogens with one attached hydrogen (secondary N) is 1. The van der Waals surface area contributed by atoms with E-state index in [0.29, 0.717) is 19.4 Å². The molecule has 1 aliphatic rings. The molecule has 0 spiro atoms. The van der Waals surface area contributed by atoms with E-state index in [0.717, 1.165) is 4.90 Å². The highest BCUT2D eigenvalue weighted by atomic mass is 19.4. The highest BCUT2D eigenvalue weighted by Crippen LogP contribution is 2.23. The van der Waals surface area contributed by atoms with Gasteiger partial charge in [-0.3, -0.25) is 9.59 Å². The van der Waals surface area contributed by atoms with Crippen LogP contribution in [0.4, 0.5) is 13.2 Å². The van der Waals surface area contributed by atoms with Crippen LogP contribution in [0.3, 0.4) is 0 Å². The molecule has 1 rings (SSSR count). The smallest absolute Gasteiger partial charge is 0.352 e. The van der Waals surface area contributed by atoms with Crippen LogP contribution in [0.25, 0.3) is 0 Å². The molecule has 2 amide bonds. The third-order valence-electron chi connectivity index (χ3n) is 3.26. The molecule has 0 unspecified atom stereocenters. The second-order valence-electron chi connectivity index (χ2n) is 4.86. The fraction of sp³-hybridized carbons (Fsp3) is 0.571. The van der Waals surface area contributed by atoms with Crippen LogP contribution < -0.4 is 5.32 Å². The lowest BCUT2D eigenvalue weighted by Crippen LogP contribution is -2.46. The van der Waals surface area contributed by atoms with Gasteiger partial charge in [-0.05, 0) is 25.7 Å². The molecule has 21 heavy (non-hydrogen) atoms. The van der Waals surface area contributed by atoms with Crippen LogP contribution in [0.2, 0.25) is 0 Å². The van der Waals surface area contributed by atoms with E-state index in [1.54, 1.807) is 18.2 Å². The molecule has 7 heteroatoms. The van der Waals surface area contributed by atoms with Crippen molar-refractivity contribution in [3.63, 3.8) is 0 Å². The Morgan fingerprint density at radius 3 is 2.38 bits per heavy atom. The summed E-state index contributed by atoms with van der Waals surface area (Å²) in [6, 6.07) is 0. The molecule has 0 aromatic heterocycles. The maximum Gasteiger partial charge on any atom is 0.471 e. The van der Waals surface area contributed by atoms with Gasteiger partial charge in [0.15, 0.2) is 0 Å². The molecule has 1 fully saturated rings. The number of carbonyl (C=O) groups excluding carboxylic acids is 2. The maximum absolute atomic E-state index is 12.3. The van der Waals surface area contributed by atoms with E-state index in [1.165, 1.54) is 6.08 Å². The summed E-state index contributed by atoms with van der Waals surface area (Å²) in [6.07, 6.45) is 2.63. The monoisotopic (exact) mass is 304 g/mol. The fourth-order valence-corrected chi connectivity index (χ4v) is 2.08. The second-order valence-corrected chi connectivity index (χ2v) is 4.86. The Kier molecular flexibility index (Phi) is 6.45. The lowest BCUT2D eigenvalue weighted by molar-refractivity contribution is -0.186. The van der Waals surface area contributed by atoms with E-state index in [2.05, 4.69) is 5.32 Å². The van der Waals surface area contributed by atoms with Crippen molar-refractivity contribution in [3.05, 3.63) is 24.3 Å². The quantitative estimate of drug-likeness (QED) is 0.638. The van der Waals surface area contributed by atoms with E-state index >= 15 is 0 Å².